The van der Waals surface area contributed by atoms with E-state index in [1.165, 1.54) is 19.5 Å². The lowest BCUT2D eigenvalue weighted by atomic mass is 10.6. The summed E-state index contributed by atoms with van der Waals surface area (Å²) in [6, 6.07) is 0. The standard InChI is InChI=1S/C5H5N3O3/c1-11-5-4(8(9)10)6-2-3-7-5/h2-3H,1H3. The second-order valence-electron chi connectivity index (χ2n) is 1.65. The molecule has 58 valence electrons. The molecule has 0 radical (unpaired) electrons. The Morgan fingerprint density at radius 2 is 2.18 bits per heavy atom. The van der Waals surface area contributed by atoms with Crippen LogP contribution in [0.15, 0.2) is 12.4 Å². The van der Waals surface area contributed by atoms with Crippen LogP contribution < -0.4 is 4.74 Å². The molecule has 0 fully saturated rings. The molecular formula is C5H5N3O3. The number of aromatic nitrogens is 2. The molecule has 0 aliphatic heterocycles. The van der Waals surface area contributed by atoms with Gasteiger partial charge in [0.15, 0.2) is 6.20 Å². The zero-order valence-electron chi connectivity index (χ0n) is 5.72. The maximum absolute atomic E-state index is 10.2. The summed E-state index contributed by atoms with van der Waals surface area (Å²) in [6.07, 6.45) is 2.56. The first-order valence-electron chi connectivity index (χ1n) is 2.75. The molecule has 0 aliphatic rings. The highest BCUT2D eigenvalue weighted by atomic mass is 16.6. The van der Waals surface area contributed by atoms with Crippen LogP contribution in [0.25, 0.3) is 0 Å². The quantitative estimate of drug-likeness (QED) is 0.456. The minimum Gasteiger partial charge on any atom is -0.475 e. The SMILES string of the molecule is COc1nccnc1[N+](=O)[O-]. The predicted molar refractivity (Wildman–Crippen MR) is 35.2 cm³/mol. The highest BCUT2D eigenvalue weighted by molar-refractivity contribution is 5.30. The topological polar surface area (TPSA) is 78.2 Å². The van der Waals surface area contributed by atoms with Crippen LogP contribution in [0.1, 0.15) is 0 Å². The Morgan fingerprint density at radius 3 is 2.64 bits per heavy atom. The Morgan fingerprint density at radius 1 is 1.55 bits per heavy atom. The average Bonchev–Trinajstić information content (AvgIpc) is 2.04. The van der Waals surface area contributed by atoms with Crippen molar-refractivity contribution in [2.24, 2.45) is 0 Å². The molecule has 0 spiro atoms. The molecule has 0 aromatic carbocycles. The molecule has 1 rings (SSSR count). The summed E-state index contributed by atoms with van der Waals surface area (Å²) in [5.74, 6) is -0.437. The van der Waals surface area contributed by atoms with Crippen LogP contribution in [0.4, 0.5) is 5.82 Å². The summed E-state index contributed by atoms with van der Waals surface area (Å²) in [6.45, 7) is 0. The van der Waals surface area contributed by atoms with E-state index in [1.807, 2.05) is 0 Å². The van der Waals surface area contributed by atoms with Gasteiger partial charge in [0.05, 0.1) is 13.3 Å². The molecule has 0 saturated carbocycles. The fraction of sp³-hybridized carbons (Fsp3) is 0.200. The zero-order chi connectivity index (χ0) is 8.27. The van der Waals surface area contributed by atoms with Crippen molar-refractivity contribution in [1.29, 1.82) is 0 Å². The van der Waals surface area contributed by atoms with Crippen molar-refractivity contribution in [3.05, 3.63) is 22.5 Å². The average molecular weight is 155 g/mol. The number of methoxy groups -OCH3 is 1. The summed E-state index contributed by atoms with van der Waals surface area (Å²) < 4.78 is 4.59. The molecular weight excluding hydrogens is 150 g/mol. The highest BCUT2D eigenvalue weighted by Crippen LogP contribution is 2.18. The van der Waals surface area contributed by atoms with Crippen molar-refractivity contribution in [2.45, 2.75) is 0 Å². The van der Waals surface area contributed by atoms with Crippen molar-refractivity contribution < 1.29 is 9.66 Å². The predicted octanol–water partition coefficient (Wildman–Crippen LogP) is 0.393. The van der Waals surface area contributed by atoms with Gasteiger partial charge in [0, 0.05) is 0 Å². The van der Waals surface area contributed by atoms with Crippen LogP contribution in [0.5, 0.6) is 5.88 Å². The number of nitrogens with zero attached hydrogens (tertiary/aromatic N) is 3. The smallest absolute Gasteiger partial charge is 0.426 e. The third-order valence-electron chi connectivity index (χ3n) is 1.01. The lowest BCUT2D eigenvalue weighted by molar-refractivity contribution is -0.390. The molecule has 6 nitrogen and oxygen atoms in total. The van der Waals surface area contributed by atoms with Gasteiger partial charge in [0.1, 0.15) is 0 Å². The zero-order valence-corrected chi connectivity index (χ0v) is 5.72. The van der Waals surface area contributed by atoms with Gasteiger partial charge in [0.2, 0.25) is 0 Å². The molecule has 0 amide bonds. The third kappa shape index (κ3) is 1.40. The molecule has 1 heterocycles. The Hall–Kier alpha value is -1.72. The second kappa shape index (κ2) is 2.91. The number of rotatable bonds is 2. The lowest BCUT2D eigenvalue weighted by Gasteiger charge is -1.96. The maximum atomic E-state index is 10.2. The van der Waals surface area contributed by atoms with E-state index in [-0.39, 0.29) is 11.7 Å². The van der Waals surface area contributed by atoms with Crippen molar-refractivity contribution in [1.82, 2.24) is 9.97 Å². The van der Waals surface area contributed by atoms with Gasteiger partial charge in [-0.2, -0.15) is 0 Å². The summed E-state index contributed by atoms with van der Waals surface area (Å²) in [4.78, 5) is 16.6. The Labute approximate surface area is 62.0 Å². The minimum atomic E-state index is -0.647. The van der Waals surface area contributed by atoms with Crippen LogP contribution >= 0.6 is 0 Å². The molecule has 0 atom stereocenters. The first-order chi connectivity index (χ1) is 5.25. The van der Waals surface area contributed by atoms with Gasteiger partial charge in [0.25, 0.3) is 0 Å². The Kier molecular flexibility index (Phi) is 1.95. The van der Waals surface area contributed by atoms with Crippen LogP contribution in [0.2, 0.25) is 0 Å². The molecule has 1 aromatic rings. The first-order valence-corrected chi connectivity index (χ1v) is 2.75. The van der Waals surface area contributed by atoms with Crippen LogP contribution in [-0.2, 0) is 0 Å². The number of hydrogen-bond acceptors (Lipinski definition) is 5. The molecule has 1 aromatic heterocycles. The monoisotopic (exact) mass is 155 g/mol. The first kappa shape index (κ1) is 7.39. The van der Waals surface area contributed by atoms with Gasteiger partial charge < -0.3 is 14.9 Å². The summed E-state index contributed by atoms with van der Waals surface area (Å²) in [7, 11) is 1.30. The van der Waals surface area contributed by atoms with E-state index < -0.39 is 4.92 Å². The van der Waals surface area contributed by atoms with E-state index in [0.717, 1.165) is 0 Å². The van der Waals surface area contributed by atoms with Gasteiger partial charge in [-0.3, -0.25) is 0 Å². The Balaban J connectivity index is 3.12. The van der Waals surface area contributed by atoms with Crippen molar-refractivity contribution in [3.8, 4) is 5.88 Å². The van der Waals surface area contributed by atoms with Crippen LogP contribution in [0, 0.1) is 10.1 Å². The van der Waals surface area contributed by atoms with E-state index in [0.29, 0.717) is 0 Å². The van der Waals surface area contributed by atoms with E-state index in [4.69, 9.17) is 0 Å². The number of ether oxygens (including phenoxy) is 1. The molecule has 0 aliphatic carbocycles. The highest BCUT2D eigenvalue weighted by Gasteiger charge is 2.15. The van der Waals surface area contributed by atoms with Gasteiger partial charge >= 0.3 is 11.7 Å². The summed E-state index contributed by atoms with van der Waals surface area (Å²) in [5, 5.41) is 10.2. The van der Waals surface area contributed by atoms with E-state index in [2.05, 4.69) is 14.7 Å². The van der Waals surface area contributed by atoms with Crippen molar-refractivity contribution >= 4 is 5.82 Å². The second-order valence-corrected chi connectivity index (χ2v) is 1.65. The van der Waals surface area contributed by atoms with Gasteiger partial charge in [-0.1, -0.05) is 0 Å². The van der Waals surface area contributed by atoms with Gasteiger partial charge in [-0.15, -0.1) is 0 Å². The van der Waals surface area contributed by atoms with Crippen LogP contribution in [0.3, 0.4) is 0 Å². The molecule has 6 heteroatoms. The minimum absolute atomic E-state index is 0.0718. The summed E-state index contributed by atoms with van der Waals surface area (Å²) in [5.41, 5.74) is 0. The van der Waals surface area contributed by atoms with E-state index >= 15 is 0 Å². The fourth-order valence-electron chi connectivity index (χ4n) is 0.587. The molecule has 11 heavy (non-hydrogen) atoms. The van der Waals surface area contributed by atoms with Crippen molar-refractivity contribution in [2.75, 3.05) is 7.11 Å². The molecule has 0 unspecified atom stereocenters. The van der Waals surface area contributed by atoms with Crippen molar-refractivity contribution in [3.63, 3.8) is 0 Å². The number of hydrogen-bond donors (Lipinski definition) is 0. The Bertz CT molecular complexity index is 275. The van der Waals surface area contributed by atoms with Gasteiger partial charge in [-0.25, -0.2) is 4.98 Å². The summed E-state index contributed by atoms with van der Waals surface area (Å²) >= 11 is 0. The lowest BCUT2D eigenvalue weighted by Crippen LogP contribution is -1.97. The van der Waals surface area contributed by atoms with Crippen LogP contribution in [-0.4, -0.2) is 22.0 Å². The third-order valence-corrected chi connectivity index (χ3v) is 1.01. The molecule has 0 saturated heterocycles. The fourth-order valence-corrected chi connectivity index (χ4v) is 0.587. The normalized spacial score (nSPS) is 9.18. The number of nitro groups is 1. The molecule has 0 N–H and O–H groups in total. The van der Waals surface area contributed by atoms with E-state index in [1.54, 1.807) is 0 Å². The molecule has 0 bridgehead atoms. The maximum Gasteiger partial charge on any atom is 0.426 e. The van der Waals surface area contributed by atoms with E-state index in [9.17, 15) is 10.1 Å². The van der Waals surface area contributed by atoms with Gasteiger partial charge in [-0.05, 0) is 9.91 Å². The largest absolute Gasteiger partial charge is 0.475 e.